The number of carbonyl (C=O) groups excluding carboxylic acids is 2. The SMILES string of the molecule is CC(NC(=O)OC(C)(C)C)C(=O)OC(C)C(c1ccc(F)cc1)c1ccc(F)cc1. The van der Waals surface area contributed by atoms with Crippen LogP contribution in [0.4, 0.5) is 13.6 Å². The smallest absolute Gasteiger partial charge is 0.408 e. The minimum Gasteiger partial charge on any atom is -0.460 e. The van der Waals surface area contributed by atoms with Crippen molar-refractivity contribution in [2.45, 2.75) is 58.3 Å². The molecule has 2 aromatic rings. The van der Waals surface area contributed by atoms with Crippen molar-refractivity contribution in [2.75, 3.05) is 0 Å². The first-order valence-corrected chi connectivity index (χ1v) is 9.67. The van der Waals surface area contributed by atoms with E-state index in [4.69, 9.17) is 9.47 Å². The van der Waals surface area contributed by atoms with Crippen molar-refractivity contribution < 1.29 is 27.8 Å². The maximum atomic E-state index is 13.4. The van der Waals surface area contributed by atoms with Gasteiger partial charge in [-0.05, 0) is 70.0 Å². The molecule has 2 unspecified atom stereocenters. The molecule has 0 aliphatic heterocycles. The Hall–Kier alpha value is -2.96. The summed E-state index contributed by atoms with van der Waals surface area (Å²) in [5.41, 5.74) is 0.712. The first-order chi connectivity index (χ1) is 14.0. The van der Waals surface area contributed by atoms with E-state index in [9.17, 15) is 18.4 Å². The number of halogens is 2. The Kier molecular flexibility index (Phi) is 7.54. The second kappa shape index (κ2) is 9.69. The Balaban J connectivity index is 2.16. The van der Waals surface area contributed by atoms with E-state index < -0.39 is 47.4 Å². The lowest BCUT2D eigenvalue weighted by Gasteiger charge is -2.27. The van der Waals surface area contributed by atoms with E-state index in [0.29, 0.717) is 11.1 Å². The van der Waals surface area contributed by atoms with Gasteiger partial charge in [0.15, 0.2) is 0 Å². The van der Waals surface area contributed by atoms with Crippen molar-refractivity contribution in [2.24, 2.45) is 0 Å². The van der Waals surface area contributed by atoms with Gasteiger partial charge in [-0.2, -0.15) is 0 Å². The van der Waals surface area contributed by atoms with Gasteiger partial charge in [-0.15, -0.1) is 0 Å². The molecule has 5 nitrogen and oxygen atoms in total. The van der Waals surface area contributed by atoms with Gasteiger partial charge in [0, 0.05) is 5.92 Å². The maximum absolute atomic E-state index is 13.4. The highest BCUT2D eigenvalue weighted by molar-refractivity contribution is 5.81. The van der Waals surface area contributed by atoms with Crippen molar-refractivity contribution in [1.29, 1.82) is 0 Å². The molecule has 0 spiro atoms. The summed E-state index contributed by atoms with van der Waals surface area (Å²) < 4.78 is 37.5. The van der Waals surface area contributed by atoms with E-state index in [1.54, 1.807) is 52.0 Å². The molecular weight excluding hydrogens is 392 g/mol. The van der Waals surface area contributed by atoms with Crippen molar-refractivity contribution in [3.8, 4) is 0 Å². The summed E-state index contributed by atoms with van der Waals surface area (Å²) >= 11 is 0. The Morgan fingerprint density at radius 1 is 0.867 bits per heavy atom. The number of benzene rings is 2. The van der Waals surface area contributed by atoms with Crippen molar-refractivity contribution in [3.63, 3.8) is 0 Å². The molecule has 0 bridgehead atoms. The van der Waals surface area contributed by atoms with E-state index in [1.165, 1.54) is 31.2 Å². The molecule has 0 aliphatic carbocycles. The highest BCUT2D eigenvalue weighted by atomic mass is 19.1. The third kappa shape index (κ3) is 6.83. The number of hydrogen-bond donors (Lipinski definition) is 1. The van der Waals surface area contributed by atoms with Gasteiger partial charge in [0.1, 0.15) is 29.4 Å². The quantitative estimate of drug-likeness (QED) is 0.674. The summed E-state index contributed by atoms with van der Waals surface area (Å²) in [6.45, 7) is 8.33. The Labute approximate surface area is 175 Å². The molecule has 0 saturated carbocycles. The molecule has 0 heterocycles. The Morgan fingerprint density at radius 2 is 1.30 bits per heavy atom. The molecule has 0 aromatic heterocycles. The monoisotopic (exact) mass is 419 g/mol. The Morgan fingerprint density at radius 3 is 1.70 bits per heavy atom. The van der Waals surface area contributed by atoms with E-state index in [2.05, 4.69) is 5.32 Å². The van der Waals surface area contributed by atoms with Crippen LogP contribution in [-0.2, 0) is 14.3 Å². The Bertz CT molecular complexity index is 815. The number of carbonyl (C=O) groups is 2. The van der Waals surface area contributed by atoms with Crippen LogP contribution in [0.15, 0.2) is 48.5 Å². The van der Waals surface area contributed by atoms with Crippen LogP contribution >= 0.6 is 0 Å². The molecule has 162 valence electrons. The lowest BCUT2D eigenvalue weighted by atomic mass is 9.87. The van der Waals surface area contributed by atoms with Crippen LogP contribution in [0.1, 0.15) is 51.7 Å². The highest BCUT2D eigenvalue weighted by Gasteiger charge is 2.28. The average molecular weight is 419 g/mol. The predicted octanol–water partition coefficient (Wildman–Crippen LogP) is 4.94. The van der Waals surface area contributed by atoms with Crippen molar-refractivity contribution >= 4 is 12.1 Å². The minimum absolute atomic E-state index is 0.392. The summed E-state index contributed by atoms with van der Waals surface area (Å²) in [5.74, 6) is -1.89. The standard InChI is InChI=1S/C23H27F2NO4/c1-14(26-22(28)30-23(3,4)5)21(27)29-15(2)20(16-6-10-18(24)11-7-16)17-8-12-19(25)13-9-17/h6-15,20H,1-5H3,(H,26,28). The molecule has 0 fully saturated rings. The maximum Gasteiger partial charge on any atom is 0.408 e. The van der Waals surface area contributed by atoms with Crippen LogP contribution in [0.2, 0.25) is 0 Å². The number of ether oxygens (including phenoxy) is 2. The van der Waals surface area contributed by atoms with E-state index >= 15 is 0 Å². The van der Waals surface area contributed by atoms with Gasteiger partial charge in [-0.25, -0.2) is 18.4 Å². The molecular formula is C23H27F2NO4. The number of rotatable bonds is 6. The normalized spacial score (nSPS) is 13.5. The molecule has 30 heavy (non-hydrogen) atoms. The van der Waals surface area contributed by atoms with Crippen molar-refractivity contribution in [1.82, 2.24) is 5.32 Å². The molecule has 2 atom stereocenters. The van der Waals surface area contributed by atoms with Crippen LogP contribution in [0.25, 0.3) is 0 Å². The molecule has 7 heteroatoms. The lowest BCUT2D eigenvalue weighted by Crippen LogP contribution is -2.43. The molecule has 2 rings (SSSR count). The predicted molar refractivity (Wildman–Crippen MR) is 109 cm³/mol. The number of nitrogens with one attached hydrogen (secondary N) is 1. The summed E-state index contributed by atoms with van der Waals surface area (Å²) in [6.07, 6.45) is -1.40. The summed E-state index contributed by atoms with van der Waals surface area (Å²) in [6, 6.07) is 10.7. The van der Waals surface area contributed by atoms with E-state index in [1.807, 2.05) is 0 Å². The summed E-state index contributed by atoms with van der Waals surface area (Å²) in [7, 11) is 0. The molecule has 0 radical (unpaired) electrons. The second-order valence-electron chi connectivity index (χ2n) is 8.09. The van der Waals surface area contributed by atoms with Gasteiger partial charge in [-0.3, -0.25) is 0 Å². The molecule has 1 N–H and O–H groups in total. The van der Waals surface area contributed by atoms with E-state index in [-0.39, 0.29) is 0 Å². The van der Waals surface area contributed by atoms with Gasteiger partial charge in [0.05, 0.1) is 0 Å². The van der Waals surface area contributed by atoms with Crippen LogP contribution in [0.3, 0.4) is 0 Å². The first-order valence-electron chi connectivity index (χ1n) is 9.67. The van der Waals surface area contributed by atoms with Gasteiger partial charge in [0.2, 0.25) is 0 Å². The second-order valence-corrected chi connectivity index (χ2v) is 8.09. The number of alkyl carbamates (subject to hydrolysis) is 1. The summed E-state index contributed by atoms with van der Waals surface area (Å²) in [4.78, 5) is 24.4. The molecule has 0 aliphatic rings. The fraction of sp³-hybridized carbons (Fsp3) is 0.391. The van der Waals surface area contributed by atoms with Gasteiger partial charge in [-0.1, -0.05) is 24.3 Å². The van der Waals surface area contributed by atoms with Gasteiger partial charge in [0.25, 0.3) is 0 Å². The third-order valence-electron chi connectivity index (χ3n) is 4.32. The number of amides is 1. The average Bonchev–Trinajstić information content (AvgIpc) is 2.63. The number of esters is 1. The van der Waals surface area contributed by atoms with Crippen LogP contribution in [0, 0.1) is 11.6 Å². The molecule has 2 aromatic carbocycles. The molecule has 0 saturated heterocycles. The zero-order valence-corrected chi connectivity index (χ0v) is 17.7. The number of hydrogen-bond acceptors (Lipinski definition) is 4. The van der Waals surface area contributed by atoms with Crippen LogP contribution in [0.5, 0.6) is 0 Å². The first kappa shape index (κ1) is 23.3. The minimum atomic E-state index is -0.940. The fourth-order valence-electron chi connectivity index (χ4n) is 2.97. The zero-order chi connectivity index (χ0) is 22.5. The van der Waals surface area contributed by atoms with Gasteiger partial charge >= 0.3 is 12.1 Å². The van der Waals surface area contributed by atoms with E-state index in [0.717, 1.165) is 0 Å². The lowest BCUT2D eigenvalue weighted by molar-refractivity contribution is -0.150. The largest absolute Gasteiger partial charge is 0.460 e. The summed E-state index contributed by atoms with van der Waals surface area (Å²) in [5, 5.41) is 2.44. The zero-order valence-electron chi connectivity index (χ0n) is 17.7. The van der Waals surface area contributed by atoms with Crippen LogP contribution < -0.4 is 5.32 Å². The fourth-order valence-corrected chi connectivity index (χ4v) is 2.97. The highest BCUT2D eigenvalue weighted by Crippen LogP contribution is 2.30. The van der Waals surface area contributed by atoms with Gasteiger partial charge < -0.3 is 14.8 Å². The van der Waals surface area contributed by atoms with Crippen molar-refractivity contribution in [3.05, 3.63) is 71.3 Å². The molecule has 1 amide bonds. The van der Waals surface area contributed by atoms with Crippen LogP contribution in [-0.4, -0.2) is 29.8 Å². The topological polar surface area (TPSA) is 64.6 Å². The third-order valence-corrected chi connectivity index (χ3v) is 4.32.